The lowest BCUT2D eigenvalue weighted by atomic mass is 9.97. The number of hydrogen-bond acceptors (Lipinski definition) is 4. The topological polar surface area (TPSA) is 45.7 Å². The summed E-state index contributed by atoms with van der Waals surface area (Å²) in [6.07, 6.45) is 3.00. The quantitative estimate of drug-likeness (QED) is 0.842. The molecule has 0 saturated carbocycles. The van der Waals surface area contributed by atoms with Crippen LogP contribution in [0.4, 0.5) is 0 Å². The smallest absolute Gasteiger partial charge is 0.256 e. The highest BCUT2D eigenvalue weighted by Crippen LogP contribution is 2.31. The maximum Gasteiger partial charge on any atom is 0.256 e. The van der Waals surface area contributed by atoms with E-state index in [2.05, 4.69) is 9.88 Å². The normalized spacial score (nSPS) is 20.7. The molecule has 0 N–H and O–H groups in total. The molecule has 2 heterocycles. The highest BCUT2D eigenvalue weighted by molar-refractivity contribution is 6.30. The van der Waals surface area contributed by atoms with Gasteiger partial charge >= 0.3 is 0 Å². The molecular weight excluding hydrogens is 338 g/mol. The molecule has 1 aromatic heterocycles. The minimum Gasteiger partial charge on any atom is -0.373 e. The molecule has 3 rings (SSSR count). The van der Waals surface area contributed by atoms with Gasteiger partial charge in [-0.3, -0.25) is 9.78 Å². The predicted octanol–water partition coefficient (Wildman–Crippen LogP) is 2.88. The SMILES string of the molecule is CN(C)C[C@@H]1OCCN(C(=O)c2cncc(Cl)c2)[C@H]1c1ccccc1. The van der Waals surface area contributed by atoms with Gasteiger partial charge in [0.15, 0.2) is 0 Å². The summed E-state index contributed by atoms with van der Waals surface area (Å²) in [6.45, 7) is 1.79. The predicted molar refractivity (Wildman–Crippen MR) is 97.8 cm³/mol. The van der Waals surface area contributed by atoms with E-state index in [0.29, 0.717) is 23.7 Å². The molecule has 1 fully saturated rings. The molecule has 0 spiro atoms. The fourth-order valence-corrected chi connectivity index (χ4v) is 3.39. The van der Waals surface area contributed by atoms with Gasteiger partial charge in [0.2, 0.25) is 0 Å². The van der Waals surface area contributed by atoms with Gasteiger partial charge in [-0.1, -0.05) is 41.9 Å². The summed E-state index contributed by atoms with van der Waals surface area (Å²) in [5.74, 6) is -0.0732. The zero-order chi connectivity index (χ0) is 17.8. The van der Waals surface area contributed by atoms with Gasteiger partial charge in [0.1, 0.15) is 0 Å². The summed E-state index contributed by atoms with van der Waals surface area (Å²) in [5, 5.41) is 0.459. The molecule has 0 unspecified atom stereocenters. The van der Waals surface area contributed by atoms with Crippen molar-refractivity contribution in [3.05, 3.63) is 64.9 Å². The third-order valence-electron chi connectivity index (χ3n) is 4.25. The summed E-state index contributed by atoms with van der Waals surface area (Å²) in [6, 6.07) is 11.5. The number of ether oxygens (including phenoxy) is 1. The van der Waals surface area contributed by atoms with E-state index >= 15 is 0 Å². The van der Waals surface area contributed by atoms with E-state index < -0.39 is 0 Å². The fourth-order valence-electron chi connectivity index (χ4n) is 3.21. The Morgan fingerprint density at radius 2 is 2.08 bits per heavy atom. The lowest BCUT2D eigenvalue weighted by Gasteiger charge is -2.42. The highest BCUT2D eigenvalue weighted by Gasteiger charge is 2.37. The molecule has 0 aliphatic carbocycles. The second-order valence-electron chi connectivity index (χ2n) is 6.42. The summed E-state index contributed by atoms with van der Waals surface area (Å²) in [4.78, 5) is 21.1. The summed E-state index contributed by atoms with van der Waals surface area (Å²) in [7, 11) is 4.01. The van der Waals surface area contributed by atoms with Crippen molar-refractivity contribution in [2.75, 3.05) is 33.8 Å². The van der Waals surface area contributed by atoms with Crippen molar-refractivity contribution in [3.8, 4) is 0 Å². The van der Waals surface area contributed by atoms with Crippen LogP contribution in [0.2, 0.25) is 5.02 Å². The Balaban J connectivity index is 1.95. The van der Waals surface area contributed by atoms with Gasteiger partial charge in [0.25, 0.3) is 5.91 Å². The van der Waals surface area contributed by atoms with Crippen LogP contribution in [0.3, 0.4) is 0 Å². The molecule has 5 nitrogen and oxygen atoms in total. The van der Waals surface area contributed by atoms with Crippen molar-refractivity contribution in [3.63, 3.8) is 0 Å². The van der Waals surface area contributed by atoms with Gasteiger partial charge in [0.05, 0.1) is 29.3 Å². The van der Waals surface area contributed by atoms with Crippen LogP contribution in [-0.4, -0.2) is 60.6 Å². The monoisotopic (exact) mass is 359 g/mol. The van der Waals surface area contributed by atoms with Gasteiger partial charge in [-0.15, -0.1) is 0 Å². The first kappa shape index (κ1) is 17.9. The van der Waals surface area contributed by atoms with Gasteiger partial charge < -0.3 is 14.5 Å². The maximum atomic E-state index is 13.1. The molecule has 1 aliphatic rings. The average Bonchev–Trinajstić information content (AvgIpc) is 2.61. The number of amides is 1. The van der Waals surface area contributed by atoms with E-state index in [1.807, 2.05) is 49.3 Å². The molecule has 6 heteroatoms. The van der Waals surface area contributed by atoms with Gasteiger partial charge in [-0.05, 0) is 25.7 Å². The fraction of sp³-hybridized carbons (Fsp3) is 0.368. The Labute approximate surface area is 153 Å². The number of aromatic nitrogens is 1. The summed E-state index contributed by atoms with van der Waals surface area (Å²) in [5.41, 5.74) is 1.57. The minimum atomic E-state index is -0.149. The number of carbonyl (C=O) groups excluding carboxylic acids is 1. The van der Waals surface area contributed by atoms with Gasteiger partial charge in [-0.2, -0.15) is 0 Å². The lowest BCUT2D eigenvalue weighted by molar-refractivity contribution is -0.0684. The van der Waals surface area contributed by atoms with Crippen molar-refractivity contribution >= 4 is 17.5 Å². The minimum absolute atomic E-state index is 0.0732. The largest absolute Gasteiger partial charge is 0.373 e. The number of halogens is 1. The van der Waals surface area contributed by atoms with Gasteiger partial charge in [0, 0.05) is 25.5 Å². The number of morpholine rings is 1. The van der Waals surface area contributed by atoms with Crippen LogP contribution in [0, 0.1) is 0 Å². The third-order valence-corrected chi connectivity index (χ3v) is 4.46. The Hall–Kier alpha value is -1.95. The van der Waals surface area contributed by atoms with Crippen LogP contribution in [0.5, 0.6) is 0 Å². The van der Waals surface area contributed by atoms with E-state index in [4.69, 9.17) is 16.3 Å². The number of likely N-dealkylation sites (N-methyl/N-ethyl adjacent to an activating group) is 1. The molecule has 1 aliphatic heterocycles. The highest BCUT2D eigenvalue weighted by atomic mass is 35.5. The van der Waals surface area contributed by atoms with Crippen LogP contribution in [0.25, 0.3) is 0 Å². The molecular formula is C19H22ClN3O2. The zero-order valence-corrected chi connectivity index (χ0v) is 15.2. The number of benzene rings is 1. The van der Waals surface area contributed by atoms with E-state index in [9.17, 15) is 4.79 Å². The van der Waals surface area contributed by atoms with Crippen molar-refractivity contribution < 1.29 is 9.53 Å². The molecule has 1 amide bonds. The Morgan fingerprint density at radius 3 is 2.76 bits per heavy atom. The number of carbonyl (C=O) groups is 1. The van der Waals surface area contributed by atoms with Crippen LogP contribution < -0.4 is 0 Å². The Morgan fingerprint density at radius 1 is 1.32 bits per heavy atom. The van der Waals surface area contributed by atoms with Crippen LogP contribution in [0.1, 0.15) is 22.0 Å². The zero-order valence-electron chi connectivity index (χ0n) is 14.4. The third kappa shape index (κ3) is 4.18. The van der Waals surface area contributed by atoms with Crippen LogP contribution in [0.15, 0.2) is 48.8 Å². The number of pyridine rings is 1. The molecule has 0 radical (unpaired) electrons. The van der Waals surface area contributed by atoms with E-state index in [-0.39, 0.29) is 18.1 Å². The maximum absolute atomic E-state index is 13.1. The number of hydrogen-bond donors (Lipinski definition) is 0. The molecule has 1 aromatic carbocycles. The first-order valence-corrected chi connectivity index (χ1v) is 8.67. The van der Waals surface area contributed by atoms with Crippen LogP contribution in [-0.2, 0) is 4.74 Å². The molecule has 2 atom stereocenters. The van der Waals surface area contributed by atoms with E-state index in [1.165, 1.54) is 6.20 Å². The van der Waals surface area contributed by atoms with E-state index in [1.54, 1.807) is 12.3 Å². The number of rotatable bonds is 4. The first-order chi connectivity index (χ1) is 12.1. The molecule has 25 heavy (non-hydrogen) atoms. The van der Waals surface area contributed by atoms with Crippen LogP contribution >= 0.6 is 11.6 Å². The molecule has 132 valence electrons. The first-order valence-electron chi connectivity index (χ1n) is 8.29. The standard InChI is InChI=1S/C19H22ClN3O2/c1-22(2)13-17-18(14-6-4-3-5-7-14)23(8-9-25-17)19(24)15-10-16(20)12-21-11-15/h3-7,10-12,17-18H,8-9,13H2,1-2H3/t17-,18-/m0/s1. The Bertz CT molecular complexity index is 724. The Kier molecular flexibility index (Phi) is 5.68. The second-order valence-corrected chi connectivity index (χ2v) is 6.85. The van der Waals surface area contributed by atoms with Gasteiger partial charge in [-0.25, -0.2) is 0 Å². The number of nitrogens with zero attached hydrogens (tertiary/aromatic N) is 3. The summed E-state index contributed by atoms with van der Waals surface area (Å²) < 4.78 is 6.02. The van der Waals surface area contributed by atoms with E-state index in [0.717, 1.165) is 12.1 Å². The van der Waals surface area contributed by atoms with Crippen molar-refractivity contribution in [2.24, 2.45) is 0 Å². The molecule has 0 bridgehead atoms. The molecule has 2 aromatic rings. The van der Waals surface area contributed by atoms with Crippen molar-refractivity contribution in [2.45, 2.75) is 12.1 Å². The molecule has 1 saturated heterocycles. The van der Waals surface area contributed by atoms with Crippen molar-refractivity contribution in [1.82, 2.24) is 14.8 Å². The lowest BCUT2D eigenvalue weighted by Crippen LogP contribution is -2.51. The summed E-state index contributed by atoms with van der Waals surface area (Å²) >= 11 is 6.01. The average molecular weight is 360 g/mol. The second kappa shape index (κ2) is 7.95. The van der Waals surface area contributed by atoms with Crippen molar-refractivity contribution in [1.29, 1.82) is 0 Å².